The Balaban J connectivity index is 1.65. The van der Waals surface area contributed by atoms with Crippen molar-refractivity contribution in [2.24, 2.45) is 7.05 Å². The molecule has 3 aromatic rings. The summed E-state index contributed by atoms with van der Waals surface area (Å²) in [5, 5.41) is 4.58. The Labute approximate surface area is 207 Å². The number of fused-ring (bicyclic) bond motifs is 1. The van der Waals surface area contributed by atoms with E-state index >= 15 is 0 Å². The fourth-order valence-corrected chi connectivity index (χ4v) is 6.99. The molecular weight excluding hydrogens is 484 g/mol. The average Bonchev–Trinajstić information content (AvgIpc) is 3.35. The van der Waals surface area contributed by atoms with E-state index in [1.165, 1.54) is 33.9 Å². The highest BCUT2D eigenvalue weighted by Gasteiger charge is 2.46. The van der Waals surface area contributed by atoms with Crippen LogP contribution in [0, 0.1) is 6.92 Å². The molecule has 3 heterocycles. The molecule has 5 rings (SSSR count). The van der Waals surface area contributed by atoms with E-state index in [1.54, 1.807) is 44.3 Å². The maximum absolute atomic E-state index is 14.1. The molecule has 1 saturated heterocycles. The third kappa shape index (κ3) is 3.87. The van der Waals surface area contributed by atoms with Crippen LogP contribution in [-0.2, 0) is 17.1 Å². The predicted octanol–water partition coefficient (Wildman–Crippen LogP) is 1.46. The van der Waals surface area contributed by atoms with Crippen LogP contribution < -0.4 is 20.5 Å². The van der Waals surface area contributed by atoms with Gasteiger partial charge in [0.25, 0.3) is 11.5 Å². The van der Waals surface area contributed by atoms with Crippen molar-refractivity contribution in [1.82, 2.24) is 25.0 Å². The van der Waals surface area contributed by atoms with Crippen LogP contribution in [0.5, 0.6) is 0 Å². The molecule has 3 atom stereocenters. The van der Waals surface area contributed by atoms with Crippen LogP contribution in [0.1, 0.15) is 35.3 Å². The van der Waals surface area contributed by atoms with Gasteiger partial charge in [-0.25, -0.2) is 17.9 Å². The summed E-state index contributed by atoms with van der Waals surface area (Å²) < 4.78 is 31.8. The minimum atomic E-state index is -4.36. The number of para-hydroxylation sites is 1. The number of rotatable bonds is 5. The molecule has 1 aliphatic heterocycles. The van der Waals surface area contributed by atoms with Gasteiger partial charge in [0.1, 0.15) is 5.69 Å². The first-order valence-corrected chi connectivity index (χ1v) is 13.1. The quantitative estimate of drug-likeness (QED) is 0.534. The molecule has 3 unspecified atom stereocenters. The Morgan fingerprint density at radius 3 is 2.47 bits per heavy atom. The van der Waals surface area contributed by atoms with Crippen molar-refractivity contribution in [3.8, 4) is 5.69 Å². The lowest BCUT2D eigenvalue weighted by Gasteiger charge is -2.33. The van der Waals surface area contributed by atoms with Gasteiger partial charge in [-0.3, -0.25) is 19.3 Å². The first-order valence-electron chi connectivity index (χ1n) is 11.6. The molecule has 2 N–H and O–H groups in total. The van der Waals surface area contributed by atoms with E-state index in [1.807, 2.05) is 0 Å². The highest BCUT2D eigenvalue weighted by molar-refractivity contribution is 7.94. The summed E-state index contributed by atoms with van der Waals surface area (Å²) in [6.07, 6.45) is 3.55. The molecule has 0 spiro atoms. The molecule has 188 valence electrons. The first kappa shape index (κ1) is 23.8. The number of nitrogens with zero attached hydrogens (tertiary/aromatic N) is 4. The molecular formula is C24H26N6O5S. The third-order valence-electron chi connectivity index (χ3n) is 6.93. The van der Waals surface area contributed by atoms with Crippen LogP contribution >= 0.6 is 0 Å². The fraction of sp³-hybridized carbons (Fsp3) is 0.333. The van der Waals surface area contributed by atoms with Crippen molar-refractivity contribution < 1.29 is 18.0 Å². The summed E-state index contributed by atoms with van der Waals surface area (Å²) in [7, 11) is -2.72. The van der Waals surface area contributed by atoms with Gasteiger partial charge in [0.05, 0.1) is 34.3 Å². The second-order valence-corrected chi connectivity index (χ2v) is 11.1. The Bertz CT molecular complexity index is 1480. The van der Waals surface area contributed by atoms with Gasteiger partial charge in [-0.05, 0) is 50.5 Å². The molecule has 0 radical (unpaired) electrons. The number of benzene rings is 1. The lowest BCUT2D eigenvalue weighted by molar-refractivity contribution is 0.100. The Kier molecular flexibility index (Phi) is 5.91. The second kappa shape index (κ2) is 8.94. The normalized spacial score (nSPS) is 21.4. The topological polar surface area (TPSA) is 135 Å². The lowest BCUT2D eigenvalue weighted by Crippen LogP contribution is -2.50. The van der Waals surface area contributed by atoms with Gasteiger partial charge < -0.3 is 10.6 Å². The van der Waals surface area contributed by atoms with E-state index in [-0.39, 0.29) is 42.2 Å². The zero-order chi connectivity index (χ0) is 25.6. The van der Waals surface area contributed by atoms with Crippen molar-refractivity contribution in [2.45, 2.75) is 43.5 Å². The van der Waals surface area contributed by atoms with Crippen molar-refractivity contribution in [3.05, 3.63) is 76.5 Å². The molecule has 1 aliphatic carbocycles. The van der Waals surface area contributed by atoms with Gasteiger partial charge in [-0.15, -0.1) is 0 Å². The number of hydrogen-bond donors (Lipinski definition) is 2. The Morgan fingerprint density at radius 2 is 1.78 bits per heavy atom. The predicted molar refractivity (Wildman–Crippen MR) is 133 cm³/mol. The zero-order valence-corrected chi connectivity index (χ0v) is 20.6. The molecule has 0 bridgehead atoms. The number of pyridine rings is 1. The molecule has 2 aromatic heterocycles. The minimum Gasteiger partial charge on any atom is -0.333 e. The van der Waals surface area contributed by atoms with Gasteiger partial charge in [-0.2, -0.15) is 4.31 Å². The smallest absolute Gasteiger partial charge is 0.315 e. The molecule has 12 heteroatoms. The van der Waals surface area contributed by atoms with Gasteiger partial charge in [-0.1, -0.05) is 18.2 Å². The van der Waals surface area contributed by atoms with Crippen molar-refractivity contribution in [1.29, 1.82) is 0 Å². The summed E-state index contributed by atoms with van der Waals surface area (Å²) in [4.78, 5) is 43.2. The minimum absolute atomic E-state index is 0.0412. The molecule has 11 nitrogen and oxygen atoms in total. The average molecular weight is 511 g/mol. The number of urea groups is 1. The maximum atomic E-state index is 14.1. The monoisotopic (exact) mass is 510 g/mol. The summed E-state index contributed by atoms with van der Waals surface area (Å²) >= 11 is 0. The van der Waals surface area contributed by atoms with E-state index in [0.29, 0.717) is 22.1 Å². The fourth-order valence-electron chi connectivity index (χ4n) is 5.00. The van der Waals surface area contributed by atoms with Crippen LogP contribution in [0.15, 0.2) is 59.7 Å². The van der Waals surface area contributed by atoms with Crippen LogP contribution in [-0.4, -0.2) is 52.0 Å². The molecule has 3 amide bonds. The Morgan fingerprint density at radius 1 is 1.06 bits per heavy atom. The highest BCUT2D eigenvalue weighted by Crippen LogP contribution is 2.32. The van der Waals surface area contributed by atoms with Crippen molar-refractivity contribution >= 4 is 27.6 Å². The first-order chi connectivity index (χ1) is 17.2. The molecule has 2 fully saturated rings. The molecule has 1 aromatic carbocycles. The number of aromatic nitrogens is 3. The number of carbonyl (C=O) groups excluding carboxylic acids is 2. The number of anilines is 1. The second-order valence-electron chi connectivity index (χ2n) is 9.03. The number of sulfonamides is 1. The van der Waals surface area contributed by atoms with Crippen LogP contribution in [0.25, 0.3) is 5.69 Å². The van der Waals surface area contributed by atoms with Crippen LogP contribution in [0.4, 0.5) is 10.5 Å². The van der Waals surface area contributed by atoms with Crippen molar-refractivity contribution in [2.75, 3.05) is 4.31 Å². The van der Waals surface area contributed by atoms with Gasteiger partial charge in [0, 0.05) is 19.4 Å². The number of hydrogen-bond acceptors (Lipinski definition) is 6. The summed E-state index contributed by atoms with van der Waals surface area (Å²) in [6, 6.07) is 10.9. The molecule has 1 saturated carbocycles. The maximum Gasteiger partial charge on any atom is 0.315 e. The largest absolute Gasteiger partial charge is 0.333 e. The summed E-state index contributed by atoms with van der Waals surface area (Å²) in [6.45, 7) is 1.60. The van der Waals surface area contributed by atoms with Gasteiger partial charge >= 0.3 is 6.03 Å². The van der Waals surface area contributed by atoms with Crippen molar-refractivity contribution in [3.63, 3.8) is 0 Å². The van der Waals surface area contributed by atoms with Gasteiger partial charge in [0.15, 0.2) is 0 Å². The summed E-state index contributed by atoms with van der Waals surface area (Å²) in [5.41, 5.74) is 0.0249. The molecule has 2 aliphatic rings. The van der Waals surface area contributed by atoms with Gasteiger partial charge in [0.2, 0.25) is 10.0 Å². The SMILES string of the molecule is Cc1c(N(C(=O)c2cccnc2)S(=O)(=O)C2CCC3NC(=O)NC3C2)c(=O)n(-c2ccccc2)n1C. The number of nitrogens with one attached hydrogen (secondary N) is 2. The standard InChI is InChI=1S/C24H26N6O5S/c1-15-21(23(32)29(28(15)2)17-8-4-3-5-9-17)30(22(31)16-7-6-12-25-14-16)36(34,35)18-10-11-19-20(13-18)27-24(33)26-19/h3-9,12,14,18-20H,10-11,13H2,1-2H3,(H2,26,27,33). The van der Waals surface area contributed by atoms with E-state index in [4.69, 9.17) is 0 Å². The van der Waals surface area contributed by atoms with Crippen LogP contribution in [0.3, 0.4) is 0 Å². The highest BCUT2D eigenvalue weighted by atomic mass is 32.2. The molecule has 36 heavy (non-hydrogen) atoms. The number of carbonyl (C=O) groups is 2. The van der Waals surface area contributed by atoms with Crippen LogP contribution in [0.2, 0.25) is 0 Å². The van der Waals surface area contributed by atoms with E-state index in [9.17, 15) is 22.8 Å². The number of amides is 3. The van der Waals surface area contributed by atoms with E-state index in [2.05, 4.69) is 15.6 Å². The zero-order valence-electron chi connectivity index (χ0n) is 19.8. The van der Waals surface area contributed by atoms with E-state index in [0.717, 1.165) is 0 Å². The van der Waals surface area contributed by atoms with E-state index < -0.39 is 26.7 Å². The lowest BCUT2D eigenvalue weighted by atomic mass is 9.91. The third-order valence-corrected chi connectivity index (χ3v) is 9.06. The Hall–Kier alpha value is -3.93. The summed E-state index contributed by atoms with van der Waals surface area (Å²) in [5.74, 6) is -0.857.